The average molecular weight is 418 g/mol. The van der Waals surface area contributed by atoms with E-state index in [1.807, 2.05) is 49.4 Å². The van der Waals surface area contributed by atoms with Crippen molar-refractivity contribution in [2.45, 2.75) is 6.92 Å². The van der Waals surface area contributed by atoms with E-state index in [2.05, 4.69) is 20.5 Å². The van der Waals surface area contributed by atoms with Crippen LogP contribution in [0.3, 0.4) is 0 Å². The van der Waals surface area contributed by atoms with Gasteiger partial charge in [0.25, 0.3) is 5.91 Å². The average Bonchev–Trinajstić information content (AvgIpc) is 3.38. The van der Waals surface area contributed by atoms with Crippen molar-refractivity contribution in [2.24, 2.45) is 21.6 Å². The number of thiazole rings is 1. The molecule has 0 spiro atoms. The maximum Gasteiger partial charge on any atom is 0.280 e. The number of guanidine groups is 1. The van der Waals surface area contributed by atoms with E-state index >= 15 is 0 Å². The molecule has 0 bridgehead atoms. The number of carbonyl (C=O) groups is 1. The van der Waals surface area contributed by atoms with E-state index in [-0.39, 0.29) is 5.96 Å². The fraction of sp³-hybridized carbons (Fsp3) is 0.0476. The number of benzene rings is 2. The van der Waals surface area contributed by atoms with Gasteiger partial charge in [-0.05, 0) is 43.3 Å². The zero-order valence-electron chi connectivity index (χ0n) is 16.0. The molecule has 8 nitrogen and oxygen atoms in total. The summed E-state index contributed by atoms with van der Waals surface area (Å²) in [5.74, 6) is 0.401. The maximum atomic E-state index is 12.0. The van der Waals surface area contributed by atoms with Gasteiger partial charge in [0.2, 0.25) is 5.13 Å². The lowest BCUT2D eigenvalue weighted by molar-refractivity contribution is 0.100. The Morgan fingerprint density at radius 1 is 1.10 bits per heavy atom. The predicted octanol–water partition coefficient (Wildman–Crippen LogP) is 3.81. The number of nitrogens with zero attached hydrogens (tertiary/aromatic N) is 3. The van der Waals surface area contributed by atoms with Gasteiger partial charge in [0.15, 0.2) is 11.7 Å². The van der Waals surface area contributed by atoms with Crippen LogP contribution in [-0.4, -0.2) is 22.6 Å². The summed E-state index contributed by atoms with van der Waals surface area (Å²) in [6.45, 7) is 1.83. The van der Waals surface area contributed by atoms with Gasteiger partial charge in [0, 0.05) is 11.1 Å². The molecule has 4 rings (SSSR count). The third-order valence-corrected chi connectivity index (χ3v) is 5.14. The number of nitrogens with two attached hydrogens (primary N) is 2. The first-order valence-corrected chi connectivity index (χ1v) is 9.82. The first-order valence-electron chi connectivity index (χ1n) is 9.00. The summed E-state index contributed by atoms with van der Waals surface area (Å²) in [6.07, 6.45) is 0. The number of amides is 1. The van der Waals surface area contributed by atoms with Gasteiger partial charge in [-0.15, -0.1) is 0 Å². The van der Waals surface area contributed by atoms with E-state index < -0.39 is 5.91 Å². The molecule has 1 amide bonds. The summed E-state index contributed by atoms with van der Waals surface area (Å²) < 4.78 is 7.00. The summed E-state index contributed by atoms with van der Waals surface area (Å²) in [5.41, 5.74) is 16.2. The van der Waals surface area contributed by atoms with Crippen LogP contribution in [0.5, 0.6) is 0 Å². The molecular weight excluding hydrogens is 400 g/mol. The highest BCUT2D eigenvalue weighted by Crippen LogP contribution is 2.26. The van der Waals surface area contributed by atoms with Gasteiger partial charge < -0.3 is 15.9 Å². The summed E-state index contributed by atoms with van der Waals surface area (Å²) in [4.78, 5) is 20.1. The summed E-state index contributed by atoms with van der Waals surface area (Å²) in [5, 5.41) is 5.07. The van der Waals surface area contributed by atoms with Crippen molar-refractivity contribution in [1.82, 2.24) is 4.98 Å². The van der Waals surface area contributed by atoms with E-state index in [0.717, 1.165) is 15.8 Å². The molecule has 0 saturated heterocycles. The van der Waals surface area contributed by atoms with E-state index in [9.17, 15) is 4.79 Å². The Kier molecular flexibility index (Phi) is 5.27. The Balaban J connectivity index is 1.52. The Labute approximate surface area is 175 Å². The van der Waals surface area contributed by atoms with Crippen molar-refractivity contribution in [1.29, 1.82) is 0 Å². The number of anilines is 1. The monoisotopic (exact) mass is 418 g/mol. The quantitative estimate of drug-likeness (QED) is 0.256. The first-order chi connectivity index (χ1) is 14.5. The SMILES string of the molecule is C/C(=N/Nc1nc2ccccc2s1)c1ccc(-c2cccc(C(=O)N=C(N)N)c2)o1. The zero-order valence-corrected chi connectivity index (χ0v) is 16.8. The first kappa shape index (κ1) is 19.3. The van der Waals surface area contributed by atoms with Gasteiger partial charge in [0.05, 0.1) is 10.2 Å². The second-order valence-corrected chi connectivity index (χ2v) is 7.41. The van der Waals surface area contributed by atoms with Crippen LogP contribution in [0.25, 0.3) is 21.5 Å². The molecule has 0 fully saturated rings. The molecule has 0 saturated carbocycles. The lowest BCUT2D eigenvalue weighted by atomic mass is 10.1. The van der Waals surface area contributed by atoms with Crippen molar-refractivity contribution in [3.8, 4) is 11.3 Å². The van der Waals surface area contributed by atoms with Crippen molar-refractivity contribution >= 4 is 44.3 Å². The number of para-hydroxylation sites is 1. The van der Waals surface area contributed by atoms with E-state index in [1.165, 1.54) is 11.3 Å². The molecule has 30 heavy (non-hydrogen) atoms. The molecule has 2 aromatic heterocycles. The summed E-state index contributed by atoms with van der Waals surface area (Å²) in [6, 6.07) is 18.4. The molecule has 0 atom stereocenters. The minimum atomic E-state index is -0.513. The number of aromatic nitrogens is 1. The number of hydrogen-bond acceptors (Lipinski definition) is 6. The lowest BCUT2D eigenvalue weighted by Gasteiger charge is -2.01. The molecule has 150 valence electrons. The van der Waals surface area contributed by atoms with Gasteiger partial charge in [-0.1, -0.05) is 35.6 Å². The normalized spacial score (nSPS) is 11.4. The van der Waals surface area contributed by atoms with Crippen LogP contribution < -0.4 is 16.9 Å². The molecule has 0 aliphatic carbocycles. The van der Waals surface area contributed by atoms with Crippen LogP contribution in [0.2, 0.25) is 0 Å². The zero-order chi connectivity index (χ0) is 21.1. The van der Waals surface area contributed by atoms with Crippen molar-refractivity contribution in [3.05, 3.63) is 72.0 Å². The number of furan rings is 1. The maximum absolute atomic E-state index is 12.0. The van der Waals surface area contributed by atoms with Crippen molar-refractivity contribution in [2.75, 3.05) is 5.43 Å². The molecule has 5 N–H and O–H groups in total. The molecule has 0 aliphatic rings. The van der Waals surface area contributed by atoms with Crippen LogP contribution in [0, 0.1) is 0 Å². The van der Waals surface area contributed by atoms with E-state index in [4.69, 9.17) is 15.9 Å². The largest absolute Gasteiger partial charge is 0.455 e. The standard InChI is InChI=1S/C21H18N6O2S/c1-12(26-27-21-24-15-7-2-3-8-18(15)30-21)16-9-10-17(29-16)13-5-4-6-14(11-13)19(28)25-20(22)23/h2-11H,1H3,(H,24,27)(H4,22,23,25,28)/b26-12-. The van der Waals surface area contributed by atoms with Crippen molar-refractivity contribution in [3.63, 3.8) is 0 Å². The third-order valence-electron chi connectivity index (χ3n) is 4.20. The smallest absolute Gasteiger partial charge is 0.280 e. The number of rotatable bonds is 5. The molecule has 4 aromatic rings. The molecule has 0 unspecified atom stereocenters. The van der Waals surface area contributed by atoms with Gasteiger partial charge in [-0.2, -0.15) is 10.1 Å². The van der Waals surface area contributed by atoms with Gasteiger partial charge in [0.1, 0.15) is 11.5 Å². The van der Waals surface area contributed by atoms with Crippen LogP contribution in [0.1, 0.15) is 23.0 Å². The Hall–Kier alpha value is -3.98. The molecule has 2 heterocycles. The Morgan fingerprint density at radius 2 is 1.93 bits per heavy atom. The number of fused-ring (bicyclic) bond motifs is 1. The Bertz CT molecular complexity index is 1250. The van der Waals surface area contributed by atoms with Gasteiger partial charge in [-0.3, -0.25) is 10.2 Å². The van der Waals surface area contributed by atoms with E-state index in [1.54, 1.807) is 18.2 Å². The highest BCUT2D eigenvalue weighted by Gasteiger charge is 2.11. The number of carbonyl (C=O) groups excluding carboxylic acids is 1. The highest BCUT2D eigenvalue weighted by atomic mass is 32.1. The molecule has 9 heteroatoms. The fourth-order valence-electron chi connectivity index (χ4n) is 2.78. The minimum absolute atomic E-state index is 0.279. The minimum Gasteiger partial charge on any atom is -0.455 e. The Morgan fingerprint density at radius 3 is 2.73 bits per heavy atom. The number of hydrogen-bond donors (Lipinski definition) is 3. The molecule has 0 radical (unpaired) electrons. The number of aliphatic imine (C=N–C) groups is 1. The van der Waals surface area contributed by atoms with Crippen LogP contribution >= 0.6 is 11.3 Å². The second kappa shape index (κ2) is 8.18. The number of nitrogens with one attached hydrogen (secondary N) is 1. The topological polar surface area (TPSA) is 132 Å². The molecule has 2 aromatic carbocycles. The summed E-state index contributed by atoms with van der Waals surface area (Å²) >= 11 is 1.52. The number of hydrazone groups is 1. The van der Waals surface area contributed by atoms with Crippen molar-refractivity contribution < 1.29 is 9.21 Å². The predicted molar refractivity (Wildman–Crippen MR) is 120 cm³/mol. The molecule has 0 aliphatic heterocycles. The second-order valence-electron chi connectivity index (χ2n) is 6.38. The van der Waals surface area contributed by atoms with Crippen LogP contribution in [-0.2, 0) is 0 Å². The third kappa shape index (κ3) is 4.20. The lowest BCUT2D eigenvalue weighted by Crippen LogP contribution is -2.24. The molecular formula is C21H18N6O2S. The van der Waals surface area contributed by atoms with Crippen LogP contribution in [0.4, 0.5) is 5.13 Å². The van der Waals surface area contributed by atoms with Gasteiger partial charge in [-0.25, -0.2) is 4.98 Å². The highest BCUT2D eigenvalue weighted by molar-refractivity contribution is 7.22. The fourth-order valence-corrected chi connectivity index (χ4v) is 3.59. The summed E-state index contributed by atoms with van der Waals surface area (Å²) in [7, 11) is 0. The van der Waals surface area contributed by atoms with Crippen LogP contribution in [0.15, 0.2) is 75.2 Å². The van der Waals surface area contributed by atoms with Gasteiger partial charge >= 0.3 is 0 Å². The van der Waals surface area contributed by atoms with E-state index in [0.29, 0.717) is 27.9 Å².